The zero-order valence-electron chi connectivity index (χ0n) is 18.3. The molecule has 1 aromatic carbocycles. The summed E-state index contributed by atoms with van der Waals surface area (Å²) in [6.07, 6.45) is 8.05. The van der Waals surface area contributed by atoms with Gasteiger partial charge in [0.05, 0.1) is 0 Å². The Kier molecular flexibility index (Phi) is 5.50. The molecular weight excluding hydrogens is 390 g/mol. The zero-order valence-corrected chi connectivity index (χ0v) is 18.3. The molecule has 5 rings (SSSR count). The van der Waals surface area contributed by atoms with E-state index in [1.54, 1.807) is 0 Å². The van der Waals surface area contributed by atoms with Crippen LogP contribution in [0.3, 0.4) is 0 Å². The van der Waals surface area contributed by atoms with Gasteiger partial charge in [0.15, 0.2) is 5.82 Å². The molecule has 1 saturated carbocycles. The Bertz CT molecular complexity index is 986. The van der Waals surface area contributed by atoms with Crippen molar-refractivity contribution in [3.05, 3.63) is 29.6 Å². The van der Waals surface area contributed by atoms with E-state index in [9.17, 15) is 9.59 Å². The number of aromatic nitrogens is 3. The predicted molar refractivity (Wildman–Crippen MR) is 118 cm³/mol. The van der Waals surface area contributed by atoms with Crippen LogP contribution < -0.4 is 5.32 Å². The Morgan fingerprint density at radius 3 is 2.55 bits per heavy atom. The van der Waals surface area contributed by atoms with E-state index < -0.39 is 0 Å². The number of fused-ring (bicyclic) bond motifs is 1. The van der Waals surface area contributed by atoms with Gasteiger partial charge >= 0.3 is 0 Å². The number of hydrogen-bond acceptors (Lipinski definition) is 4. The fraction of sp³-hybridized carbons (Fsp3) is 0.583. The fourth-order valence-electron chi connectivity index (χ4n) is 4.78. The third-order valence-corrected chi connectivity index (χ3v) is 6.97. The molecule has 3 heterocycles. The lowest BCUT2D eigenvalue weighted by atomic mass is 9.95. The summed E-state index contributed by atoms with van der Waals surface area (Å²) in [5.41, 5.74) is 2.87. The van der Waals surface area contributed by atoms with Crippen molar-refractivity contribution in [2.24, 2.45) is 11.8 Å². The second kappa shape index (κ2) is 8.44. The van der Waals surface area contributed by atoms with Crippen molar-refractivity contribution >= 4 is 17.5 Å². The van der Waals surface area contributed by atoms with Crippen LogP contribution in [-0.4, -0.2) is 44.6 Å². The average Bonchev–Trinajstić information content (AvgIpc) is 3.60. The summed E-state index contributed by atoms with van der Waals surface area (Å²) in [7, 11) is 0. The van der Waals surface area contributed by atoms with E-state index in [1.165, 1.54) is 12.8 Å². The van der Waals surface area contributed by atoms with Gasteiger partial charge in [0, 0.05) is 49.1 Å². The van der Waals surface area contributed by atoms with Crippen LogP contribution >= 0.6 is 0 Å². The van der Waals surface area contributed by atoms with E-state index in [0.29, 0.717) is 13.1 Å². The van der Waals surface area contributed by atoms with E-state index in [2.05, 4.69) is 26.1 Å². The smallest absolute Gasteiger partial charge is 0.227 e. The maximum atomic E-state index is 13.0. The number of carbonyl (C=O) groups is 2. The van der Waals surface area contributed by atoms with E-state index in [1.807, 2.05) is 24.0 Å². The van der Waals surface area contributed by atoms with Gasteiger partial charge in [0.2, 0.25) is 11.8 Å². The SMILES string of the molecule is Cc1ccc(-c2nnc3n2CCCCC3)cc1NC(=O)C1CCN(C(=O)C2CC2)CC1. The molecule has 3 aliphatic rings. The first-order valence-electron chi connectivity index (χ1n) is 11.7. The number of nitrogens with one attached hydrogen (secondary N) is 1. The Morgan fingerprint density at radius 1 is 0.968 bits per heavy atom. The third kappa shape index (κ3) is 4.23. The van der Waals surface area contributed by atoms with Crippen LogP contribution in [0.25, 0.3) is 11.4 Å². The minimum Gasteiger partial charge on any atom is -0.342 e. The first-order chi connectivity index (χ1) is 15.1. The third-order valence-electron chi connectivity index (χ3n) is 6.97. The molecule has 1 saturated heterocycles. The maximum Gasteiger partial charge on any atom is 0.227 e. The molecule has 1 aromatic heterocycles. The largest absolute Gasteiger partial charge is 0.342 e. The second-order valence-corrected chi connectivity index (χ2v) is 9.29. The highest BCUT2D eigenvalue weighted by atomic mass is 16.2. The van der Waals surface area contributed by atoms with Crippen LogP contribution in [0.1, 0.15) is 56.3 Å². The van der Waals surface area contributed by atoms with Crippen molar-refractivity contribution in [1.82, 2.24) is 19.7 Å². The molecule has 2 aromatic rings. The zero-order chi connectivity index (χ0) is 21.4. The van der Waals surface area contributed by atoms with Crippen LogP contribution in [-0.2, 0) is 22.6 Å². The topological polar surface area (TPSA) is 80.1 Å². The van der Waals surface area contributed by atoms with Gasteiger partial charge < -0.3 is 14.8 Å². The molecule has 0 spiro atoms. The molecule has 2 aliphatic heterocycles. The minimum absolute atomic E-state index is 0.0457. The lowest BCUT2D eigenvalue weighted by Gasteiger charge is -2.31. The molecule has 7 heteroatoms. The van der Waals surface area contributed by atoms with Crippen molar-refractivity contribution in [2.75, 3.05) is 18.4 Å². The van der Waals surface area contributed by atoms with E-state index in [-0.39, 0.29) is 23.7 Å². The number of aryl methyl sites for hydroxylation is 2. The molecule has 0 atom stereocenters. The number of anilines is 1. The van der Waals surface area contributed by atoms with Gasteiger partial charge in [-0.3, -0.25) is 9.59 Å². The van der Waals surface area contributed by atoms with Crippen LogP contribution in [0, 0.1) is 18.8 Å². The van der Waals surface area contributed by atoms with Crippen LogP contribution in [0.5, 0.6) is 0 Å². The highest BCUT2D eigenvalue weighted by molar-refractivity contribution is 5.94. The molecule has 2 amide bonds. The highest BCUT2D eigenvalue weighted by Crippen LogP contribution is 2.33. The van der Waals surface area contributed by atoms with Gasteiger partial charge in [-0.2, -0.15) is 0 Å². The van der Waals surface area contributed by atoms with Crippen LogP contribution in [0.2, 0.25) is 0 Å². The summed E-state index contributed by atoms with van der Waals surface area (Å²) in [4.78, 5) is 27.2. The Balaban J connectivity index is 1.27. The van der Waals surface area contributed by atoms with Crippen molar-refractivity contribution in [3.8, 4) is 11.4 Å². The molecule has 164 valence electrons. The lowest BCUT2D eigenvalue weighted by molar-refractivity contribution is -0.135. The normalized spacial score (nSPS) is 19.6. The number of piperidine rings is 1. The Morgan fingerprint density at radius 2 is 1.77 bits per heavy atom. The van der Waals surface area contributed by atoms with Crippen molar-refractivity contribution < 1.29 is 9.59 Å². The number of carbonyl (C=O) groups excluding carboxylic acids is 2. The summed E-state index contributed by atoms with van der Waals surface area (Å²) in [5, 5.41) is 12.0. The van der Waals surface area contributed by atoms with E-state index in [4.69, 9.17) is 0 Å². The van der Waals surface area contributed by atoms with Gasteiger partial charge in [-0.05, 0) is 57.1 Å². The average molecular weight is 422 g/mol. The second-order valence-electron chi connectivity index (χ2n) is 9.29. The first-order valence-corrected chi connectivity index (χ1v) is 11.7. The van der Waals surface area contributed by atoms with Crippen LogP contribution in [0.15, 0.2) is 18.2 Å². The van der Waals surface area contributed by atoms with Gasteiger partial charge in [-0.15, -0.1) is 10.2 Å². The number of amides is 2. The lowest BCUT2D eigenvalue weighted by Crippen LogP contribution is -2.42. The summed E-state index contributed by atoms with van der Waals surface area (Å²) >= 11 is 0. The molecule has 0 radical (unpaired) electrons. The van der Waals surface area contributed by atoms with Gasteiger partial charge in [-0.1, -0.05) is 18.6 Å². The maximum absolute atomic E-state index is 13.0. The first kappa shape index (κ1) is 20.2. The quantitative estimate of drug-likeness (QED) is 0.818. The number of rotatable bonds is 4. The fourth-order valence-corrected chi connectivity index (χ4v) is 4.78. The van der Waals surface area contributed by atoms with Crippen molar-refractivity contribution in [1.29, 1.82) is 0 Å². The van der Waals surface area contributed by atoms with Gasteiger partial charge in [0.1, 0.15) is 5.82 Å². The number of nitrogens with zero attached hydrogens (tertiary/aromatic N) is 4. The highest BCUT2D eigenvalue weighted by Gasteiger charge is 2.36. The van der Waals surface area contributed by atoms with Gasteiger partial charge in [-0.25, -0.2) is 0 Å². The van der Waals surface area contributed by atoms with Crippen molar-refractivity contribution in [2.45, 2.75) is 64.8 Å². The van der Waals surface area contributed by atoms with Gasteiger partial charge in [0.25, 0.3) is 0 Å². The molecule has 31 heavy (non-hydrogen) atoms. The number of benzene rings is 1. The molecule has 0 unspecified atom stereocenters. The summed E-state index contributed by atoms with van der Waals surface area (Å²) < 4.78 is 2.23. The molecular formula is C24H31N5O2. The number of hydrogen-bond donors (Lipinski definition) is 1. The summed E-state index contributed by atoms with van der Waals surface area (Å²) in [5.74, 6) is 2.50. The molecule has 7 nitrogen and oxygen atoms in total. The van der Waals surface area contributed by atoms with Crippen LogP contribution in [0.4, 0.5) is 5.69 Å². The Hall–Kier alpha value is -2.70. The van der Waals surface area contributed by atoms with E-state index in [0.717, 1.165) is 73.5 Å². The standard InChI is InChI=1S/C24H31N5O2/c1-16-6-7-19(22-27-26-21-5-3-2-4-12-29(21)22)15-20(16)25-23(30)17-10-13-28(14-11-17)24(31)18-8-9-18/h6-7,15,17-18H,2-5,8-14H2,1H3,(H,25,30). The monoisotopic (exact) mass is 421 g/mol. The predicted octanol–water partition coefficient (Wildman–Crippen LogP) is 3.57. The molecule has 0 bridgehead atoms. The minimum atomic E-state index is -0.0457. The summed E-state index contributed by atoms with van der Waals surface area (Å²) in [6, 6.07) is 6.14. The number of likely N-dealkylation sites (tertiary alicyclic amines) is 1. The molecule has 2 fully saturated rings. The van der Waals surface area contributed by atoms with Crippen molar-refractivity contribution in [3.63, 3.8) is 0 Å². The van der Waals surface area contributed by atoms with E-state index >= 15 is 0 Å². The molecule has 1 aliphatic carbocycles. The summed E-state index contributed by atoms with van der Waals surface area (Å²) in [6.45, 7) is 4.35. The molecule has 1 N–H and O–H groups in total. The Labute approximate surface area is 183 Å².